The molecule has 2 fully saturated rings. The molecule has 0 atom stereocenters. The van der Waals surface area contributed by atoms with Crippen LogP contribution >= 0.6 is 0 Å². The molecule has 0 radical (unpaired) electrons. The molecule has 0 unspecified atom stereocenters. The van der Waals surface area contributed by atoms with E-state index in [0.29, 0.717) is 0 Å². The highest BCUT2D eigenvalue weighted by molar-refractivity contribution is 6.27. The molecule has 6 heteroatoms. The Morgan fingerprint density at radius 2 is 1.47 bits per heavy atom. The molecular weight excluding hydrogens is 380 g/mol. The molecule has 162 valence electrons. The van der Waals surface area contributed by atoms with Crippen LogP contribution in [0.25, 0.3) is 10.8 Å². The molecule has 0 spiro atoms. The minimum atomic E-state index is -1.82. The van der Waals surface area contributed by atoms with Crippen molar-refractivity contribution in [3.05, 3.63) is 48.0 Å². The summed E-state index contributed by atoms with van der Waals surface area (Å²) in [6, 6.07) is 16.4. The highest BCUT2D eigenvalue weighted by atomic mass is 16.4. The zero-order valence-corrected chi connectivity index (χ0v) is 17.7. The van der Waals surface area contributed by atoms with Gasteiger partial charge < -0.3 is 15.1 Å². The Labute approximate surface area is 178 Å². The van der Waals surface area contributed by atoms with Gasteiger partial charge in [-0.2, -0.15) is 0 Å². The summed E-state index contributed by atoms with van der Waals surface area (Å²) in [5.41, 5.74) is 1.48. The van der Waals surface area contributed by atoms with Crippen LogP contribution in [0.2, 0.25) is 0 Å². The number of carboxylic acids is 2. The second-order valence-corrected chi connectivity index (χ2v) is 8.47. The molecule has 2 aromatic rings. The quantitative estimate of drug-likeness (QED) is 0.749. The lowest BCUT2D eigenvalue weighted by molar-refractivity contribution is -0.159. The SMILES string of the molecule is CC1CCN(C2CCN(Cc3cccc4ccccc34)CC2)CC1.O=C(O)C(=O)O. The molecule has 2 N–H and O–H groups in total. The Kier molecular flexibility index (Phi) is 7.82. The Balaban J connectivity index is 0.000000377. The van der Waals surface area contributed by atoms with Crippen molar-refractivity contribution >= 4 is 22.7 Å². The summed E-state index contributed by atoms with van der Waals surface area (Å²) in [4.78, 5) is 23.6. The minimum Gasteiger partial charge on any atom is -0.473 e. The van der Waals surface area contributed by atoms with Crippen molar-refractivity contribution in [1.29, 1.82) is 0 Å². The van der Waals surface area contributed by atoms with Gasteiger partial charge in [-0.05, 0) is 74.1 Å². The fourth-order valence-electron chi connectivity index (χ4n) is 4.51. The molecule has 0 amide bonds. The average Bonchev–Trinajstić information content (AvgIpc) is 2.76. The van der Waals surface area contributed by atoms with Crippen LogP contribution in [0.3, 0.4) is 0 Å². The number of aliphatic carboxylic acids is 2. The molecule has 30 heavy (non-hydrogen) atoms. The first-order chi connectivity index (χ1) is 14.4. The van der Waals surface area contributed by atoms with Crippen LogP contribution in [-0.2, 0) is 16.1 Å². The van der Waals surface area contributed by atoms with Gasteiger partial charge in [-0.15, -0.1) is 0 Å². The van der Waals surface area contributed by atoms with Crippen molar-refractivity contribution in [1.82, 2.24) is 9.80 Å². The molecule has 0 bridgehead atoms. The molecule has 2 aromatic carbocycles. The number of benzene rings is 2. The molecule has 2 saturated heterocycles. The molecule has 6 nitrogen and oxygen atoms in total. The standard InChI is InChI=1S/C22H30N2.C2H2O4/c1-18-9-15-24(16-10-18)21-11-13-23(14-12-21)17-20-7-4-6-19-5-2-3-8-22(19)20;3-1(4)2(5)6/h2-8,18,21H,9-17H2,1H3;(H,3,4)(H,5,6). The number of carboxylic acid groups (broad SMARTS) is 2. The van der Waals surface area contributed by atoms with Crippen LogP contribution in [0.5, 0.6) is 0 Å². The molecule has 2 aliphatic heterocycles. The van der Waals surface area contributed by atoms with Crippen LogP contribution in [0.4, 0.5) is 0 Å². The number of rotatable bonds is 3. The van der Waals surface area contributed by atoms with Gasteiger partial charge in [0.05, 0.1) is 0 Å². The van der Waals surface area contributed by atoms with E-state index in [1.165, 1.54) is 68.2 Å². The monoisotopic (exact) mass is 412 g/mol. The number of piperidine rings is 2. The van der Waals surface area contributed by atoms with Crippen molar-refractivity contribution in [3.8, 4) is 0 Å². The van der Waals surface area contributed by atoms with Crippen LogP contribution in [0, 0.1) is 5.92 Å². The second-order valence-electron chi connectivity index (χ2n) is 8.47. The third kappa shape index (κ3) is 6.03. The predicted molar refractivity (Wildman–Crippen MR) is 117 cm³/mol. The number of carbonyl (C=O) groups is 2. The first-order valence-corrected chi connectivity index (χ1v) is 10.8. The van der Waals surface area contributed by atoms with Gasteiger partial charge in [0, 0.05) is 12.6 Å². The third-order valence-electron chi connectivity index (χ3n) is 6.35. The number of hydrogen-bond donors (Lipinski definition) is 2. The Bertz CT molecular complexity index is 836. The summed E-state index contributed by atoms with van der Waals surface area (Å²) in [7, 11) is 0. The fourth-order valence-corrected chi connectivity index (χ4v) is 4.51. The maximum absolute atomic E-state index is 9.10. The lowest BCUT2D eigenvalue weighted by Gasteiger charge is -2.41. The van der Waals surface area contributed by atoms with E-state index in [4.69, 9.17) is 19.8 Å². The van der Waals surface area contributed by atoms with Gasteiger partial charge in [0.1, 0.15) is 0 Å². The van der Waals surface area contributed by atoms with Crippen LogP contribution in [0.1, 0.15) is 38.2 Å². The van der Waals surface area contributed by atoms with E-state index in [0.717, 1.165) is 18.5 Å². The third-order valence-corrected chi connectivity index (χ3v) is 6.35. The van der Waals surface area contributed by atoms with E-state index in [9.17, 15) is 0 Å². The predicted octanol–water partition coefficient (Wildman–Crippen LogP) is 3.69. The maximum Gasteiger partial charge on any atom is 0.414 e. The van der Waals surface area contributed by atoms with Crippen molar-refractivity contribution in [2.75, 3.05) is 26.2 Å². The van der Waals surface area contributed by atoms with Gasteiger partial charge in [-0.25, -0.2) is 9.59 Å². The summed E-state index contributed by atoms with van der Waals surface area (Å²) >= 11 is 0. The highest BCUT2D eigenvalue weighted by Gasteiger charge is 2.27. The first-order valence-electron chi connectivity index (χ1n) is 10.8. The van der Waals surface area contributed by atoms with E-state index in [1.807, 2.05) is 0 Å². The molecule has 2 heterocycles. The minimum absolute atomic E-state index is 0.835. The largest absolute Gasteiger partial charge is 0.473 e. The van der Waals surface area contributed by atoms with Crippen molar-refractivity contribution in [3.63, 3.8) is 0 Å². The van der Waals surface area contributed by atoms with E-state index in [-0.39, 0.29) is 0 Å². The number of nitrogens with zero attached hydrogens (tertiary/aromatic N) is 2. The zero-order valence-electron chi connectivity index (χ0n) is 17.7. The molecule has 2 aliphatic rings. The van der Waals surface area contributed by atoms with Gasteiger partial charge in [0.2, 0.25) is 0 Å². The number of likely N-dealkylation sites (tertiary alicyclic amines) is 2. The topological polar surface area (TPSA) is 81.1 Å². The average molecular weight is 413 g/mol. The van der Waals surface area contributed by atoms with Crippen molar-refractivity contribution in [2.45, 2.75) is 45.2 Å². The van der Waals surface area contributed by atoms with Gasteiger partial charge >= 0.3 is 11.9 Å². The Hall–Kier alpha value is -2.44. The molecule has 0 aliphatic carbocycles. The molecular formula is C24H32N2O4. The van der Waals surface area contributed by atoms with Gasteiger partial charge in [-0.1, -0.05) is 49.4 Å². The van der Waals surface area contributed by atoms with Gasteiger partial charge in [0.15, 0.2) is 0 Å². The number of fused-ring (bicyclic) bond motifs is 1. The lowest BCUT2D eigenvalue weighted by atomic mass is 9.94. The molecule has 4 rings (SSSR count). The van der Waals surface area contributed by atoms with Gasteiger partial charge in [-0.3, -0.25) is 4.90 Å². The van der Waals surface area contributed by atoms with E-state index < -0.39 is 11.9 Å². The van der Waals surface area contributed by atoms with Crippen LogP contribution < -0.4 is 0 Å². The normalized spacial score (nSPS) is 19.2. The summed E-state index contributed by atoms with van der Waals surface area (Å²) in [6.07, 6.45) is 5.49. The Morgan fingerprint density at radius 3 is 2.10 bits per heavy atom. The van der Waals surface area contributed by atoms with E-state index >= 15 is 0 Å². The molecule has 0 saturated carbocycles. The summed E-state index contributed by atoms with van der Waals surface area (Å²) in [5.74, 6) is -2.71. The summed E-state index contributed by atoms with van der Waals surface area (Å²) < 4.78 is 0. The first kappa shape index (κ1) is 22.2. The lowest BCUT2D eigenvalue weighted by Crippen LogP contribution is -2.47. The Morgan fingerprint density at radius 1 is 0.867 bits per heavy atom. The van der Waals surface area contributed by atoms with E-state index in [2.05, 4.69) is 59.2 Å². The van der Waals surface area contributed by atoms with Crippen molar-refractivity contribution in [2.24, 2.45) is 5.92 Å². The van der Waals surface area contributed by atoms with Crippen molar-refractivity contribution < 1.29 is 19.8 Å². The van der Waals surface area contributed by atoms with E-state index in [1.54, 1.807) is 0 Å². The van der Waals surface area contributed by atoms with Crippen LogP contribution in [0.15, 0.2) is 42.5 Å². The fraction of sp³-hybridized carbons (Fsp3) is 0.500. The maximum atomic E-state index is 9.10. The van der Waals surface area contributed by atoms with Gasteiger partial charge in [0.25, 0.3) is 0 Å². The zero-order chi connectivity index (χ0) is 21.5. The smallest absolute Gasteiger partial charge is 0.414 e. The summed E-state index contributed by atoms with van der Waals surface area (Å²) in [5, 5.41) is 17.6. The number of hydrogen-bond acceptors (Lipinski definition) is 4. The second kappa shape index (κ2) is 10.5. The summed E-state index contributed by atoms with van der Waals surface area (Å²) in [6.45, 7) is 8.67. The highest BCUT2D eigenvalue weighted by Crippen LogP contribution is 2.25. The molecule has 0 aromatic heterocycles. The van der Waals surface area contributed by atoms with Crippen LogP contribution in [-0.4, -0.2) is 64.2 Å².